The molecule has 0 aromatic carbocycles. The number of hydrogen-bond acceptors (Lipinski definition) is 10. The van der Waals surface area contributed by atoms with Crippen molar-refractivity contribution in [3.8, 4) is 0 Å². The number of aliphatic carboxylic acids is 1. The molecule has 5 aliphatic heterocycles. The lowest BCUT2D eigenvalue weighted by Crippen LogP contribution is -2.63. The fourth-order valence-corrected chi connectivity index (χ4v) is 10.5. The average Bonchev–Trinajstić information content (AvgIpc) is 3.47. The molecule has 5 heterocycles. The molecule has 0 radical (unpaired) electrons. The highest BCUT2D eigenvalue weighted by atomic mass is 16.8. The maximum absolute atomic E-state index is 14.4. The van der Waals surface area contributed by atoms with Gasteiger partial charge in [-0.1, -0.05) is 55.4 Å². The molecule has 18 atom stereocenters. The van der Waals surface area contributed by atoms with Gasteiger partial charge in [0, 0.05) is 30.1 Å². The normalized spacial score (nSPS) is 46.2. The first-order valence-electron chi connectivity index (χ1n) is 20.7. The first-order chi connectivity index (χ1) is 24.8. The molecule has 4 N–H and O–H groups in total. The molecule has 0 aliphatic carbocycles. The molecule has 5 aliphatic rings. The van der Waals surface area contributed by atoms with Gasteiger partial charge >= 0.3 is 5.97 Å². The van der Waals surface area contributed by atoms with Crippen molar-refractivity contribution >= 4 is 11.8 Å². The van der Waals surface area contributed by atoms with Crippen LogP contribution in [0.25, 0.3) is 0 Å². The highest BCUT2D eigenvalue weighted by Gasteiger charge is 2.63. The number of rotatable bonds is 12. The number of carboxylic acids is 1. The maximum atomic E-state index is 14.4. The van der Waals surface area contributed by atoms with Crippen LogP contribution in [0.3, 0.4) is 0 Å². The van der Waals surface area contributed by atoms with Crippen molar-refractivity contribution in [1.82, 2.24) is 0 Å². The minimum atomic E-state index is -1.37. The first kappa shape index (κ1) is 42.7. The van der Waals surface area contributed by atoms with E-state index in [0.29, 0.717) is 57.8 Å². The van der Waals surface area contributed by atoms with Crippen molar-refractivity contribution in [2.75, 3.05) is 0 Å². The average molecular weight is 751 g/mol. The van der Waals surface area contributed by atoms with Gasteiger partial charge in [0.2, 0.25) is 5.79 Å². The molecule has 11 heteroatoms. The summed E-state index contributed by atoms with van der Waals surface area (Å²) in [4.78, 5) is 26.4. The van der Waals surface area contributed by atoms with E-state index in [9.17, 15) is 30.0 Å². The number of Topliss-reactive ketones (excluding diaryl/α,β-unsaturated/α-hetero) is 1. The Morgan fingerprint density at radius 1 is 0.887 bits per heavy atom. The van der Waals surface area contributed by atoms with E-state index in [0.717, 1.165) is 6.42 Å². The third-order valence-electron chi connectivity index (χ3n) is 14.4. The highest BCUT2D eigenvalue weighted by Crippen LogP contribution is 2.54. The van der Waals surface area contributed by atoms with Crippen molar-refractivity contribution in [3.63, 3.8) is 0 Å². The fraction of sp³-hybridized carbons (Fsp3) is 0.905. The Morgan fingerprint density at radius 2 is 1.57 bits per heavy atom. The molecule has 0 amide bonds. The topological polar surface area (TPSA) is 161 Å². The number of carbonyl (C=O) groups is 2. The van der Waals surface area contributed by atoms with Gasteiger partial charge in [0.1, 0.15) is 11.9 Å². The van der Waals surface area contributed by atoms with Gasteiger partial charge in [0.15, 0.2) is 5.79 Å². The first-order valence-corrected chi connectivity index (χ1v) is 20.7. The van der Waals surface area contributed by atoms with Crippen molar-refractivity contribution in [2.24, 2.45) is 41.4 Å². The quantitative estimate of drug-likeness (QED) is 0.169. The van der Waals surface area contributed by atoms with Crippen LogP contribution in [0.4, 0.5) is 0 Å². The van der Waals surface area contributed by atoms with Crippen LogP contribution in [0, 0.1) is 41.4 Å². The minimum Gasteiger partial charge on any atom is -0.481 e. The molecule has 11 nitrogen and oxygen atoms in total. The third-order valence-corrected chi connectivity index (χ3v) is 14.4. The Bertz CT molecular complexity index is 1320. The van der Waals surface area contributed by atoms with Crippen LogP contribution in [0.2, 0.25) is 0 Å². The highest BCUT2D eigenvalue weighted by molar-refractivity contribution is 5.84. The Labute approximate surface area is 317 Å². The summed E-state index contributed by atoms with van der Waals surface area (Å²) in [6.45, 7) is 19.6. The van der Waals surface area contributed by atoms with Gasteiger partial charge in [-0.05, 0) is 95.6 Å². The summed E-state index contributed by atoms with van der Waals surface area (Å²) in [7, 11) is 0. The monoisotopic (exact) mass is 750 g/mol. The molecule has 4 fully saturated rings. The molecule has 5 rings (SSSR count). The predicted octanol–water partition coefficient (Wildman–Crippen LogP) is 6.19. The van der Waals surface area contributed by atoms with Gasteiger partial charge in [-0.25, -0.2) is 0 Å². The van der Waals surface area contributed by atoms with Crippen molar-refractivity contribution in [1.29, 1.82) is 0 Å². The molecule has 2 spiro atoms. The Kier molecular flexibility index (Phi) is 13.0. The van der Waals surface area contributed by atoms with E-state index in [1.165, 1.54) is 0 Å². The van der Waals surface area contributed by atoms with E-state index >= 15 is 0 Å². The molecule has 4 saturated heterocycles. The second-order valence-corrected chi connectivity index (χ2v) is 17.9. The second kappa shape index (κ2) is 16.2. The van der Waals surface area contributed by atoms with Crippen LogP contribution >= 0.6 is 0 Å². The number of carbonyl (C=O) groups excluding carboxylic acids is 1. The molecular formula is C42H70O11. The zero-order chi connectivity index (χ0) is 39.3. The summed E-state index contributed by atoms with van der Waals surface area (Å²) >= 11 is 0. The number of ketones is 1. The lowest BCUT2D eigenvalue weighted by molar-refractivity contribution is -0.409. The minimum absolute atomic E-state index is 0.0137. The van der Waals surface area contributed by atoms with Crippen molar-refractivity contribution in [2.45, 2.75) is 199 Å². The smallest absolute Gasteiger partial charge is 0.309 e. The summed E-state index contributed by atoms with van der Waals surface area (Å²) in [6, 6.07) is 0. The summed E-state index contributed by atoms with van der Waals surface area (Å²) in [6.07, 6.45) is 5.51. The summed E-state index contributed by atoms with van der Waals surface area (Å²) < 4.78 is 33.5. The lowest BCUT2D eigenvalue weighted by Gasteiger charge is -2.54. The van der Waals surface area contributed by atoms with Gasteiger partial charge < -0.3 is 44.1 Å². The van der Waals surface area contributed by atoms with E-state index in [1.807, 2.05) is 41.5 Å². The van der Waals surface area contributed by atoms with Gasteiger partial charge in [-0.15, -0.1) is 0 Å². The number of hydrogen-bond donors (Lipinski definition) is 4. The van der Waals surface area contributed by atoms with E-state index in [2.05, 4.69) is 20.8 Å². The summed E-state index contributed by atoms with van der Waals surface area (Å²) in [5, 5.41) is 44.0. The number of aliphatic hydroxyl groups is 3. The van der Waals surface area contributed by atoms with Crippen molar-refractivity contribution < 1.29 is 53.7 Å². The van der Waals surface area contributed by atoms with Gasteiger partial charge in [-0.3, -0.25) is 9.59 Å². The molecule has 0 saturated carbocycles. The van der Waals surface area contributed by atoms with Crippen LogP contribution in [-0.2, 0) is 33.3 Å². The van der Waals surface area contributed by atoms with Crippen molar-refractivity contribution in [3.05, 3.63) is 12.2 Å². The SMILES string of the molecule is CCC(C(=O)O)[C@H]1CC[C@H](C)[C@H]([C@@H](C)[C@H](O)[C@H](C)C(=O)[C@H](CC)[C@H]2OC3(C=C[C@@H](O)[C@]4(CC[C@@](C)([C@H]5CC[C@](O)(CC)[C@H](C)O5)O4)O3)[C@H](C)C[C@@H]2C)O1. The van der Waals surface area contributed by atoms with E-state index < -0.39 is 76.8 Å². The summed E-state index contributed by atoms with van der Waals surface area (Å²) in [5.74, 6) is -5.78. The third kappa shape index (κ3) is 7.94. The van der Waals surface area contributed by atoms with Crippen LogP contribution in [0.15, 0.2) is 12.2 Å². The second-order valence-electron chi connectivity index (χ2n) is 17.9. The lowest BCUT2D eigenvalue weighted by atomic mass is 9.72. The zero-order valence-electron chi connectivity index (χ0n) is 34.0. The van der Waals surface area contributed by atoms with Crippen LogP contribution in [0.5, 0.6) is 0 Å². The molecule has 53 heavy (non-hydrogen) atoms. The van der Waals surface area contributed by atoms with E-state index in [-0.39, 0.29) is 41.8 Å². The van der Waals surface area contributed by atoms with Gasteiger partial charge in [0.25, 0.3) is 0 Å². The predicted molar refractivity (Wildman–Crippen MR) is 199 cm³/mol. The molecule has 0 bridgehead atoms. The summed E-state index contributed by atoms with van der Waals surface area (Å²) in [5.41, 5.74) is -1.63. The maximum Gasteiger partial charge on any atom is 0.309 e. The van der Waals surface area contributed by atoms with Crippen LogP contribution in [-0.4, -0.2) is 97.7 Å². The Hall–Kier alpha value is -1.44. The molecular weight excluding hydrogens is 680 g/mol. The Balaban J connectivity index is 1.31. The molecule has 2 unspecified atom stereocenters. The molecule has 0 aromatic rings. The number of ether oxygens (including phenoxy) is 5. The van der Waals surface area contributed by atoms with Gasteiger partial charge in [0.05, 0.1) is 53.7 Å². The largest absolute Gasteiger partial charge is 0.481 e. The number of aliphatic hydroxyl groups excluding tert-OH is 2. The molecule has 304 valence electrons. The number of carboxylic acid groups (broad SMARTS) is 1. The van der Waals surface area contributed by atoms with E-state index in [4.69, 9.17) is 23.7 Å². The Morgan fingerprint density at radius 3 is 2.17 bits per heavy atom. The van der Waals surface area contributed by atoms with Gasteiger partial charge in [-0.2, -0.15) is 0 Å². The fourth-order valence-electron chi connectivity index (χ4n) is 10.5. The van der Waals surface area contributed by atoms with Crippen LogP contribution in [0.1, 0.15) is 133 Å². The molecule has 0 aromatic heterocycles. The standard InChI is InChI=1S/C42H70O11/c1-11-29(38(46)47)31-15-14-23(4)36(50-31)27(8)34(44)26(7)35(45)30(12-2)37-24(5)22-25(6)41(51-37)19-16-32(43)42(53-41)21-20-39(10,52-42)33-17-18-40(48,13-3)28(9)49-33/h16,19,23-34,36-37,43-44,48H,11-15,17-18,20-22H2,1-10H3,(H,46,47)/t23-,24-,25+,26-,27-,28-,29?,30-,31+,32+,33+,34+,36+,37-,39-,40+,41?,42-/m0/s1. The van der Waals surface area contributed by atoms with E-state index in [1.54, 1.807) is 19.1 Å². The van der Waals surface area contributed by atoms with Crippen LogP contribution < -0.4 is 0 Å². The zero-order valence-corrected chi connectivity index (χ0v) is 34.0.